The van der Waals surface area contributed by atoms with Gasteiger partial charge in [-0.3, -0.25) is 0 Å². The number of nitrogens with two attached hydrogens (primary N) is 1. The van der Waals surface area contributed by atoms with E-state index in [4.69, 9.17) is 5.73 Å². The number of pyridine rings is 1. The van der Waals surface area contributed by atoms with Crippen LogP contribution in [0.5, 0.6) is 0 Å². The normalized spacial score (nSPS) is 18.0. The van der Waals surface area contributed by atoms with E-state index >= 15 is 0 Å². The number of nitrogen functional groups attached to an aromatic ring is 1. The standard InChI is InChI=1S/C22H28N6O/c1-13-14(2)25-21(23)19-20(13)28(15(3)26-19)11-7-10-24-22(29)27-18-12-17(18)16-8-5-4-6-9-16/h4-6,8-9,17-18H,7,10-12H2,1-3H3,(H2,23,25)(H2,24,27,29). The molecule has 29 heavy (non-hydrogen) atoms. The van der Waals surface area contributed by atoms with Crippen molar-refractivity contribution >= 4 is 22.9 Å². The molecule has 7 nitrogen and oxygen atoms in total. The van der Waals surface area contributed by atoms with Gasteiger partial charge in [-0.15, -0.1) is 0 Å². The zero-order valence-corrected chi connectivity index (χ0v) is 17.2. The summed E-state index contributed by atoms with van der Waals surface area (Å²) in [6.45, 7) is 7.36. The van der Waals surface area contributed by atoms with Crippen LogP contribution in [-0.2, 0) is 6.54 Å². The number of carbonyl (C=O) groups is 1. The first-order valence-corrected chi connectivity index (χ1v) is 10.1. The summed E-state index contributed by atoms with van der Waals surface area (Å²) >= 11 is 0. The first-order chi connectivity index (χ1) is 14.0. The second kappa shape index (κ2) is 7.73. The van der Waals surface area contributed by atoms with Gasteiger partial charge in [0, 0.05) is 30.7 Å². The van der Waals surface area contributed by atoms with E-state index in [2.05, 4.69) is 37.3 Å². The monoisotopic (exact) mass is 392 g/mol. The van der Waals surface area contributed by atoms with Crippen LogP contribution in [0.3, 0.4) is 0 Å². The van der Waals surface area contributed by atoms with E-state index in [-0.39, 0.29) is 12.1 Å². The number of nitrogens with zero attached hydrogens (tertiary/aromatic N) is 3. The largest absolute Gasteiger partial charge is 0.382 e. The van der Waals surface area contributed by atoms with Crippen LogP contribution in [0.25, 0.3) is 11.0 Å². The van der Waals surface area contributed by atoms with Gasteiger partial charge in [0.25, 0.3) is 0 Å². The predicted molar refractivity (Wildman–Crippen MR) is 115 cm³/mol. The average Bonchev–Trinajstić information content (AvgIpc) is 3.38. The summed E-state index contributed by atoms with van der Waals surface area (Å²) < 4.78 is 2.17. The van der Waals surface area contributed by atoms with Crippen molar-refractivity contribution in [3.63, 3.8) is 0 Å². The Morgan fingerprint density at radius 3 is 2.72 bits per heavy atom. The lowest BCUT2D eigenvalue weighted by atomic mass is 10.1. The van der Waals surface area contributed by atoms with Crippen LogP contribution in [0.4, 0.5) is 10.6 Å². The van der Waals surface area contributed by atoms with Gasteiger partial charge in [-0.25, -0.2) is 14.8 Å². The minimum Gasteiger partial charge on any atom is -0.382 e. The molecular weight excluding hydrogens is 364 g/mol. The Balaban J connectivity index is 1.29. The highest BCUT2D eigenvalue weighted by Gasteiger charge is 2.39. The quantitative estimate of drug-likeness (QED) is 0.561. The number of amides is 2. The number of fused-ring (bicyclic) bond motifs is 1. The fraction of sp³-hybridized carbons (Fsp3) is 0.409. The van der Waals surface area contributed by atoms with E-state index in [0.29, 0.717) is 18.3 Å². The molecule has 0 radical (unpaired) electrons. The Kier molecular flexibility index (Phi) is 5.13. The SMILES string of the molecule is Cc1nc(N)c2nc(C)n(CCCNC(=O)NC3CC3c3ccccc3)c2c1C. The van der Waals surface area contributed by atoms with Crippen LogP contribution < -0.4 is 16.4 Å². The Labute approximate surface area is 170 Å². The van der Waals surface area contributed by atoms with E-state index in [1.54, 1.807) is 0 Å². The van der Waals surface area contributed by atoms with Crippen LogP contribution >= 0.6 is 0 Å². The Bertz CT molecular complexity index is 1040. The fourth-order valence-corrected chi connectivity index (χ4v) is 3.97. The summed E-state index contributed by atoms with van der Waals surface area (Å²) in [5, 5.41) is 6.04. The number of nitrogens with one attached hydrogen (secondary N) is 2. The van der Waals surface area contributed by atoms with Crippen molar-refractivity contribution < 1.29 is 4.79 Å². The number of anilines is 1. The summed E-state index contributed by atoms with van der Waals surface area (Å²) in [5.41, 5.74) is 11.2. The molecule has 4 N–H and O–H groups in total. The molecule has 3 aromatic rings. The van der Waals surface area contributed by atoms with Gasteiger partial charge in [0.15, 0.2) is 5.82 Å². The van der Waals surface area contributed by atoms with Crippen molar-refractivity contribution in [2.45, 2.75) is 52.1 Å². The van der Waals surface area contributed by atoms with Crippen molar-refractivity contribution in [2.24, 2.45) is 0 Å². The zero-order chi connectivity index (χ0) is 20.5. The van der Waals surface area contributed by atoms with Gasteiger partial charge in [-0.2, -0.15) is 0 Å². The van der Waals surface area contributed by atoms with Gasteiger partial charge < -0.3 is 20.9 Å². The molecule has 152 valence electrons. The summed E-state index contributed by atoms with van der Waals surface area (Å²) in [4.78, 5) is 21.2. The molecule has 7 heteroatoms. The topological polar surface area (TPSA) is 97.9 Å². The molecular formula is C22H28N6O. The number of benzene rings is 1. The van der Waals surface area contributed by atoms with Crippen molar-refractivity contribution in [3.05, 3.63) is 53.0 Å². The van der Waals surface area contributed by atoms with Gasteiger partial charge in [0.05, 0.1) is 5.52 Å². The van der Waals surface area contributed by atoms with Gasteiger partial charge in [-0.05, 0) is 44.7 Å². The molecule has 1 fully saturated rings. The minimum atomic E-state index is -0.0962. The molecule has 2 unspecified atom stereocenters. The molecule has 1 saturated carbocycles. The molecule has 2 atom stereocenters. The summed E-state index contributed by atoms with van der Waals surface area (Å²) in [7, 11) is 0. The molecule has 2 amide bonds. The third-order valence-corrected chi connectivity index (χ3v) is 5.77. The minimum absolute atomic E-state index is 0.0962. The third kappa shape index (κ3) is 3.90. The molecule has 1 aromatic carbocycles. The summed E-state index contributed by atoms with van der Waals surface area (Å²) in [6.07, 6.45) is 1.82. The van der Waals surface area contributed by atoms with E-state index in [1.807, 2.05) is 39.0 Å². The van der Waals surface area contributed by atoms with Crippen molar-refractivity contribution in [1.29, 1.82) is 0 Å². The highest BCUT2D eigenvalue weighted by Crippen LogP contribution is 2.40. The number of aryl methyl sites for hydroxylation is 4. The van der Waals surface area contributed by atoms with Crippen molar-refractivity contribution in [1.82, 2.24) is 25.2 Å². The molecule has 0 spiro atoms. The number of carbonyl (C=O) groups excluding carboxylic acids is 1. The summed E-state index contributed by atoms with van der Waals surface area (Å²) in [5.74, 6) is 1.82. The van der Waals surface area contributed by atoms with E-state index in [0.717, 1.165) is 47.5 Å². The number of rotatable bonds is 6. The molecule has 2 aromatic heterocycles. The zero-order valence-electron chi connectivity index (χ0n) is 17.2. The Hall–Kier alpha value is -3.09. The number of hydrogen-bond acceptors (Lipinski definition) is 4. The first-order valence-electron chi connectivity index (χ1n) is 10.1. The average molecular weight is 393 g/mol. The Morgan fingerprint density at radius 1 is 1.21 bits per heavy atom. The maximum Gasteiger partial charge on any atom is 0.315 e. The maximum atomic E-state index is 12.2. The first kappa shape index (κ1) is 19.2. The van der Waals surface area contributed by atoms with E-state index < -0.39 is 0 Å². The maximum absolute atomic E-state index is 12.2. The van der Waals surface area contributed by atoms with E-state index in [1.165, 1.54) is 5.56 Å². The van der Waals surface area contributed by atoms with Gasteiger partial charge in [0.1, 0.15) is 11.3 Å². The van der Waals surface area contributed by atoms with Gasteiger partial charge in [0.2, 0.25) is 0 Å². The highest BCUT2D eigenvalue weighted by molar-refractivity contribution is 5.88. The second-order valence-electron chi connectivity index (χ2n) is 7.83. The van der Waals surface area contributed by atoms with Gasteiger partial charge in [-0.1, -0.05) is 30.3 Å². The second-order valence-corrected chi connectivity index (χ2v) is 7.83. The van der Waals surface area contributed by atoms with Crippen LogP contribution in [-0.4, -0.2) is 33.2 Å². The predicted octanol–water partition coefficient (Wildman–Crippen LogP) is 3.18. The van der Waals surface area contributed by atoms with Crippen LogP contribution in [0.15, 0.2) is 30.3 Å². The number of aromatic nitrogens is 3. The smallest absolute Gasteiger partial charge is 0.315 e. The number of imidazole rings is 1. The van der Waals surface area contributed by atoms with Crippen molar-refractivity contribution in [2.75, 3.05) is 12.3 Å². The third-order valence-electron chi connectivity index (χ3n) is 5.77. The highest BCUT2D eigenvalue weighted by atomic mass is 16.2. The molecule has 0 bridgehead atoms. The van der Waals surface area contributed by atoms with Crippen LogP contribution in [0, 0.1) is 20.8 Å². The molecule has 1 aliphatic carbocycles. The number of urea groups is 1. The molecule has 2 heterocycles. The molecule has 0 aliphatic heterocycles. The van der Waals surface area contributed by atoms with E-state index in [9.17, 15) is 4.79 Å². The molecule has 1 aliphatic rings. The molecule has 0 saturated heterocycles. The Morgan fingerprint density at radius 2 is 1.97 bits per heavy atom. The lowest BCUT2D eigenvalue weighted by Crippen LogP contribution is -2.38. The van der Waals surface area contributed by atoms with Crippen LogP contribution in [0.1, 0.15) is 41.4 Å². The van der Waals surface area contributed by atoms with Crippen molar-refractivity contribution in [3.8, 4) is 0 Å². The number of hydrogen-bond donors (Lipinski definition) is 3. The summed E-state index contributed by atoms with van der Waals surface area (Å²) in [6, 6.07) is 10.5. The lowest BCUT2D eigenvalue weighted by molar-refractivity contribution is 0.240. The van der Waals surface area contributed by atoms with Crippen LogP contribution in [0.2, 0.25) is 0 Å². The van der Waals surface area contributed by atoms with Gasteiger partial charge >= 0.3 is 6.03 Å². The lowest BCUT2D eigenvalue weighted by Gasteiger charge is -2.11. The fourth-order valence-electron chi connectivity index (χ4n) is 3.97. The molecule has 4 rings (SSSR count).